The van der Waals surface area contributed by atoms with Crippen molar-refractivity contribution in [1.82, 2.24) is 15.3 Å². The number of nitrogens with zero attached hydrogens (tertiary/aromatic N) is 2. The van der Waals surface area contributed by atoms with Crippen molar-refractivity contribution in [2.75, 3.05) is 13.1 Å². The smallest absolute Gasteiger partial charge is 0.129 e. The number of hydrogen-bond donors (Lipinski definition) is 1. The second-order valence-electron chi connectivity index (χ2n) is 5.55. The van der Waals surface area contributed by atoms with Gasteiger partial charge in [0, 0.05) is 17.5 Å². The molecule has 0 spiro atoms. The summed E-state index contributed by atoms with van der Waals surface area (Å²) in [7, 11) is 0. The number of hydrogen-bond acceptors (Lipinski definition) is 3. The largest absolute Gasteiger partial charge is 0.317 e. The lowest BCUT2D eigenvalue weighted by Crippen LogP contribution is -2.15. The van der Waals surface area contributed by atoms with E-state index in [9.17, 15) is 0 Å². The predicted molar refractivity (Wildman–Crippen MR) is 96.3 cm³/mol. The van der Waals surface area contributed by atoms with Crippen LogP contribution in [-0.4, -0.2) is 23.1 Å². The predicted octanol–water partition coefficient (Wildman–Crippen LogP) is 4.68. The van der Waals surface area contributed by atoms with E-state index in [2.05, 4.69) is 42.1 Å². The molecule has 1 heterocycles. The van der Waals surface area contributed by atoms with Crippen LogP contribution in [0.5, 0.6) is 0 Å². The van der Waals surface area contributed by atoms with Gasteiger partial charge in [-0.2, -0.15) is 0 Å². The maximum Gasteiger partial charge on any atom is 0.129 e. The number of para-hydroxylation sites is 1. The number of unbranched alkanes of at least 4 members (excludes halogenated alkanes) is 2. The summed E-state index contributed by atoms with van der Waals surface area (Å²) in [5.74, 6) is 0.927. The van der Waals surface area contributed by atoms with Gasteiger partial charge in [0.2, 0.25) is 0 Å². The molecule has 0 bridgehead atoms. The van der Waals surface area contributed by atoms with Crippen LogP contribution in [0.1, 0.15) is 58.0 Å². The summed E-state index contributed by atoms with van der Waals surface area (Å²) in [4.78, 5) is 8.85. The van der Waals surface area contributed by atoms with Crippen LogP contribution in [-0.2, 0) is 6.42 Å². The van der Waals surface area contributed by atoms with E-state index < -0.39 is 0 Å². The molecule has 22 heavy (non-hydrogen) atoms. The van der Waals surface area contributed by atoms with Gasteiger partial charge in [-0.15, -0.1) is 0 Å². The van der Waals surface area contributed by atoms with Crippen molar-refractivity contribution in [2.45, 2.75) is 59.8 Å². The molecule has 2 rings (SSSR count). The Balaban J connectivity index is 0.000000239. The first-order valence-electron chi connectivity index (χ1n) is 8.65. The maximum atomic E-state index is 4.44. The van der Waals surface area contributed by atoms with Gasteiger partial charge in [-0.1, -0.05) is 51.8 Å². The van der Waals surface area contributed by atoms with E-state index in [1.807, 2.05) is 25.1 Å². The maximum absolute atomic E-state index is 4.44. The average molecular weight is 301 g/mol. The molecule has 0 saturated carbocycles. The van der Waals surface area contributed by atoms with Crippen molar-refractivity contribution in [3.63, 3.8) is 0 Å². The second-order valence-corrected chi connectivity index (χ2v) is 5.55. The summed E-state index contributed by atoms with van der Waals surface area (Å²) >= 11 is 0. The Hall–Kier alpha value is -1.48. The van der Waals surface area contributed by atoms with Crippen LogP contribution in [0.15, 0.2) is 24.3 Å². The van der Waals surface area contributed by atoms with Crippen molar-refractivity contribution in [1.29, 1.82) is 0 Å². The summed E-state index contributed by atoms with van der Waals surface area (Å²) in [6, 6.07) is 8.12. The number of nitrogens with one attached hydrogen (secondary N) is 1. The second kappa shape index (κ2) is 11.1. The fourth-order valence-corrected chi connectivity index (χ4v) is 2.25. The minimum absolute atomic E-state index is 0.895. The monoisotopic (exact) mass is 301 g/mol. The molecule has 0 saturated heterocycles. The van der Waals surface area contributed by atoms with Gasteiger partial charge < -0.3 is 5.32 Å². The van der Waals surface area contributed by atoms with E-state index in [-0.39, 0.29) is 0 Å². The normalized spacial score (nSPS) is 10.4. The Bertz CT molecular complexity index is 531. The summed E-state index contributed by atoms with van der Waals surface area (Å²) in [6.07, 6.45) is 6.19. The zero-order valence-corrected chi connectivity index (χ0v) is 14.7. The zero-order chi connectivity index (χ0) is 16.2. The van der Waals surface area contributed by atoms with Gasteiger partial charge in [-0.25, -0.2) is 9.97 Å². The average Bonchev–Trinajstić information content (AvgIpc) is 2.55. The summed E-state index contributed by atoms with van der Waals surface area (Å²) in [6.45, 7) is 10.9. The van der Waals surface area contributed by atoms with Crippen LogP contribution in [0.4, 0.5) is 0 Å². The highest BCUT2D eigenvalue weighted by Gasteiger charge is 2.00. The number of fused-ring (bicyclic) bond motifs is 1. The lowest BCUT2D eigenvalue weighted by Gasteiger charge is -2.02. The molecule has 3 heteroatoms. The molecule has 0 unspecified atom stereocenters. The van der Waals surface area contributed by atoms with Gasteiger partial charge in [0.15, 0.2) is 0 Å². The number of aromatic nitrogens is 2. The third-order valence-electron chi connectivity index (χ3n) is 3.54. The van der Waals surface area contributed by atoms with E-state index >= 15 is 0 Å². The van der Waals surface area contributed by atoms with Gasteiger partial charge in [-0.05, 0) is 38.9 Å². The Morgan fingerprint density at radius 2 is 1.68 bits per heavy atom. The summed E-state index contributed by atoms with van der Waals surface area (Å²) in [5, 5.41) is 4.52. The fourth-order valence-electron chi connectivity index (χ4n) is 2.25. The van der Waals surface area contributed by atoms with E-state index in [1.54, 1.807) is 0 Å². The van der Waals surface area contributed by atoms with E-state index in [0.29, 0.717) is 0 Å². The molecule has 0 radical (unpaired) electrons. The van der Waals surface area contributed by atoms with Crippen LogP contribution < -0.4 is 5.32 Å². The molecule has 0 aliphatic heterocycles. The minimum Gasteiger partial charge on any atom is -0.317 e. The Morgan fingerprint density at radius 1 is 0.909 bits per heavy atom. The fraction of sp³-hybridized carbons (Fsp3) is 0.579. The van der Waals surface area contributed by atoms with Crippen LogP contribution in [0, 0.1) is 6.92 Å². The molecule has 1 N–H and O–H groups in total. The highest BCUT2D eigenvalue weighted by atomic mass is 14.9. The molecule has 0 amide bonds. The molecular formula is C19H31N3. The van der Waals surface area contributed by atoms with Crippen molar-refractivity contribution in [3.05, 3.63) is 35.8 Å². The zero-order valence-electron chi connectivity index (χ0n) is 14.7. The Morgan fingerprint density at radius 3 is 2.36 bits per heavy atom. The summed E-state index contributed by atoms with van der Waals surface area (Å²) < 4.78 is 0. The SMILES string of the molecule is CCCCCNCCC.CCc1nc(C)c2ccccc2n1. The highest BCUT2D eigenvalue weighted by Crippen LogP contribution is 2.14. The van der Waals surface area contributed by atoms with Crippen LogP contribution in [0.25, 0.3) is 10.9 Å². The van der Waals surface area contributed by atoms with E-state index in [1.165, 1.54) is 38.8 Å². The van der Waals surface area contributed by atoms with Gasteiger partial charge in [0.1, 0.15) is 5.82 Å². The standard InChI is InChI=1S/C11H12N2.C8H19N/c1-3-11-12-8(2)9-6-4-5-7-10(9)13-11;1-3-5-6-8-9-7-4-2/h4-7H,3H2,1-2H3;9H,3-8H2,1-2H3. The topological polar surface area (TPSA) is 37.8 Å². The van der Waals surface area contributed by atoms with Crippen molar-refractivity contribution >= 4 is 10.9 Å². The van der Waals surface area contributed by atoms with E-state index in [0.717, 1.165) is 28.8 Å². The number of aryl methyl sites for hydroxylation is 2. The molecule has 0 aliphatic carbocycles. The molecule has 0 aliphatic rings. The molecular weight excluding hydrogens is 270 g/mol. The third kappa shape index (κ3) is 6.52. The minimum atomic E-state index is 0.895. The van der Waals surface area contributed by atoms with E-state index in [4.69, 9.17) is 0 Å². The molecule has 2 aromatic rings. The molecule has 122 valence electrons. The molecule has 3 nitrogen and oxygen atoms in total. The van der Waals surface area contributed by atoms with Gasteiger partial charge in [0.25, 0.3) is 0 Å². The molecule has 1 aromatic heterocycles. The summed E-state index contributed by atoms with van der Waals surface area (Å²) in [5.41, 5.74) is 2.12. The van der Waals surface area contributed by atoms with Crippen LogP contribution in [0.3, 0.4) is 0 Å². The van der Waals surface area contributed by atoms with Crippen LogP contribution in [0.2, 0.25) is 0 Å². The lowest BCUT2D eigenvalue weighted by molar-refractivity contribution is 0.611. The van der Waals surface area contributed by atoms with Gasteiger partial charge in [0.05, 0.1) is 5.52 Å². The highest BCUT2D eigenvalue weighted by molar-refractivity contribution is 5.80. The lowest BCUT2D eigenvalue weighted by atomic mass is 10.2. The first-order chi connectivity index (χ1) is 10.7. The van der Waals surface area contributed by atoms with Crippen molar-refractivity contribution in [3.8, 4) is 0 Å². The first kappa shape index (κ1) is 18.6. The third-order valence-corrected chi connectivity index (χ3v) is 3.54. The Labute approximate surface area is 135 Å². The van der Waals surface area contributed by atoms with Crippen molar-refractivity contribution in [2.24, 2.45) is 0 Å². The van der Waals surface area contributed by atoms with Crippen molar-refractivity contribution < 1.29 is 0 Å². The molecule has 1 aromatic carbocycles. The van der Waals surface area contributed by atoms with Gasteiger partial charge >= 0.3 is 0 Å². The Kier molecular flexibility index (Phi) is 9.40. The number of rotatable bonds is 7. The van der Waals surface area contributed by atoms with Gasteiger partial charge in [-0.3, -0.25) is 0 Å². The number of benzene rings is 1. The molecule has 0 fully saturated rings. The van der Waals surface area contributed by atoms with Crippen LogP contribution >= 0.6 is 0 Å². The first-order valence-corrected chi connectivity index (χ1v) is 8.65. The molecule has 0 atom stereocenters. The quantitative estimate of drug-likeness (QED) is 0.755.